The van der Waals surface area contributed by atoms with Gasteiger partial charge >= 0.3 is 6.18 Å². The molecule has 25 heavy (non-hydrogen) atoms. The lowest BCUT2D eigenvalue weighted by atomic mass is 9.94. The fourth-order valence-electron chi connectivity index (χ4n) is 3.02. The summed E-state index contributed by atoms with van der Waals surface area (Å²) in [6.45, 7) is 3.84. The Kier molecular flexibility index (Phi) is 5.41. The van der Waals surface area contributed by atoms with E-state index in [1.807, 2.05) is 37.3 Å². The van der Waals surface area contributed by atoms with Crippen LogP contribution in [0.4, 0.5) is 13.2 Å². The van der Waals surface area contributed by atoms with Crippen LogP contribution in [0.2, 0.25) is 0 Å². The van der Waals surface area contributed by atoms with Crippen LogP contribution in [0.5, 0.6) is 0 Å². The van der Waals surface area contributed by atoms with E-state index in [9.17, 15) is 13.2 Å². The van der Waals surface area contributed by atoms with Crippen molar-refractivity contribution >= 4 is 11.8 Å². The van der Waals surface area contributed by atoms with Crippen molar-refractivity contribution in [2.24, 2.45) is 0 Å². The Labute approximate surface area is 149 Å². The summed E-state index contributed by atoms with van der Waals surface area (Å²) in [6.07, 6.45) is -4.38. The maximum Gasteiger partial charge on any atom is 0.417 e. The van der Waals surface area contributed by atoms with Crippen molar-refractivity contribution in [3.05, 3.63) is 65.7 Å². The number of hydrogen-bond acceptors (Lipinski definition) is 3. The molecule has 1 aliphatic rings. The largest absolute Gasteiger partial charge is 0.417 e. The van der Waals surface area contributed by atoms with Gasteiger partial charge in [-0.25, -0.2) is 0 Å². The van der Waals surface area contributed by atoms with Gasteiger partial charge in [0, 0.05) is 18.0 Å². The molecule has 2 aromatic rings. The van der Waals surface area contributed by atoms with Crippen LogP contribution < -0.4 is 5.32 Å². The zero-order valence-corrected chi connectivity index (χ0v) is 14.7. The van der Waals surface area contributed by atoms with Gasteiger partial charge in [-0.3, -0.25) is 0 Å². The molecule has 0 spiro atoms. The van der Waals surface area contributed by atoms with E-state index in [0.717, 1.165) is 18.2 Å². The molecule has 1 saturated heterocycles. The Morgan fingerprint density at radius 1 is 1.08 bits per heavy atom. The molecule has 2 nitrogen and oxygen atoms in total. The lowest BCUT2D eigenvalue weighted by molar-refractivity contribution is -0.139. The second kappa shape index (κ2) is 7.40. The van der Waals surface area contributed by atoms with E-state index in [4.69, 9.17) is 4.74 Å². The highest BCUT2D eigenvalue weighted by molar-refractivity contribution is 7.99. The molecule has 0 radical (unpaired) electrons. The topological polar surface area (TPSA) is 21.3 Å². The molecular formula is C19H20F3NOS. The summed E-state index contributed by atoms with van der Waals surface area (Å²) < 4.78 is 46.2. The van der Waals surface area contributed by atoms with Crippen LogP contribution in [-0.2, 0) is 10.9 Å². The summed E-state index contributed by atoms with van der Waals surface area (Å²) in [7, 11) is 0. The molecule has 134 valence electrons. The van der Waals surface area contributed by atoms with Gasteiger partial charge in [0.1, 0.15) is 0 Å². The Balaban J connectivity index is 2.00. The molecule has 0 amide bonds. The third-order valence-corrected chi connectivity index (χ3v) is 5.90. The Hall–Kier alpha value is -1.50. The van der Waals surface area contributed by atoms with Crippen molar-refractivity contribution in [3.8, 4) is 0 Å². The maximum absolute atomic E-state index is 13.4. The second-order valence-electron chi connectivity index (χ2n) is 6.24. The first kappa shape index (κ1) is 18.3. The molecule has 0 aromatic heterocycles. The quantitative estimate of drug-likeness (QED) is 0.776. The molecule has 2 aromatic carbocycles. The van der Waals surface area contributed by atoms with Gasteiger partial charge in [0.05, 0.1) is 23.0 Å². The molecule has 2 atom stereocenters. The van der Waals surface area contributed by atoms with Gasteiger partial charge < -0.3 is 10.1 Å². The van der Waals surface area contributed by atoms with E-state index in [1.54, 1.807) is 6.07 Å². The van der Waals surface area contributed by atoms with Gasteiger partial charge in [-0.2, -0.15) is 13.2 Å². The second-order valence-corrected chi connectivity index (χ2v) is 7.39. The number of benzene rings is 2. The summed E-state index contributed by atoms with van der Waals surface area (Å²) >= 11 is 1.22. The SMILES string of the molecule is CC1(C(Sc2ccccc2C(F)(F)F)c2ccccc2)CNCCO1. The molecular weight excluding hydrogens is 347 g/mol. The third kappa shape index (κ3) is 4.19. The van der Waals surface area contributed by atoms with Gasteiger partial charge in [-0.15, -0.1) is 11.8 Å². The minimum atomic E-state index is -4.38. The Morgan fingerprint density at radius 3 is 2.40 bits per heavy atom. The highest BCUT2D eigenvalue weighted by Gasteiger charge is 2.41. The highest BCUT2D eigenvalue weighted by Crippen LogP contribution is 2.48. The zero-order chi connectivity index (χ0) is 17.9. The van der Waals surface area contributed by atoms with Crippen molar-refractivity contribution in [1.29, 1.82) is 0 Å². The van der Waals surface area contributed by atoms with Crippen LogP contribution in [-0.4, -0.2) is 25.3 Å². The van der Waals surface area contributed by atoms with Gasteiger partial charge in [-0.05, 0) is 24.6 Å². The number of nitrogens with one attached hydrogen (secondary N) is 1. The molecule has 1 aliphatic heterocycles. The molecule has 1 heterocycles. The average molecular weight is 367 g/mol. The predicted molar refractivity (Wildman–Crippen MR) is 93.7 cm³/mol. The van der Waals surface area contributed by atoms with E-state index in [1.165, 1.54) is 23.9 Å². The van der Waals surface area contributed by atoms with Crippen molar-refractivity contribution in [2.75, 3.05) is 19.7 Å². The van der Waals surface area contributed by atoms with E-state index in [-0.39, 0.29) is 10.1 Å². The van der Waals surface area contributed by atoms with Crippen molar-refractivity contribution in [1.82, 2.24) is 5.32 Å². The number of thioether (sulfide) groups is 1. The monoisotopic (exact) mass is 367 g/mol. The number of halogens is 3. The van der Waals surface area contributed by atoms with Crippen LogP contribution >= 0.6 is 11.8 Å². The fraction of sp³-hybridized carbons (Fsp3) is 0.368. The van der Waals surface area contributed by atoms with E-state index in [0.29, 0.717) is 13.2 Å². The zero-order valence-electron chi connectivity index (χ0n) is 13.8. The van der Waals surface area contributed by atoms with Crippen molar-refractivity contribution in [3.63, 3.8) is 0 Å². The standard InChI is InChI=1S/C19H20F3NOS/c1-18(13-23-11-12-24-18)17(14-7-3-2-4-8-14)25-16-10-6-5-9-15(16)19(20,21)22/h2-10,17,23H,11-13H2,1H3. The van der Waals surface area contributed by atoms with Crippen LogP contribution in [0, 0.1) is 0 Å². The average Bonchev–Trinajstić information content (AvgIpc) is 2.60. The Bertz CT molecular complexity index is 699. The highest BCUT2D eigenvalue weighted by atomic mass is 32.2. The van der Waals surface area contributed by atoms with Gasteiger partial charge in [0.2, 0.25) is 0 Å². The number of ether oxygens (including phenoxy) is 1. The van der Waals surface area contributed by atoms with E-state index >= 15 is 0 Å². The lowest BCUT2D eigenvalue weighted by Crippen LogP contribution is -2.50. The molecule has 1 fully saturated rings. The molecule has 2 unspecified atom stereocenters. The first-order valence-corrected chi connectivity index (χ1v) is 9.01. The van der Waals surface area contributed by atoms with Gasteiger partial charge in [0.25, 0.3) is 0 Å². The van der Waals surface area contributed by atoms with Crippen molar-refractivity contribution in [2.45, 2.75) is 28.8 Å². The third-order valence-electron chi connectivity index (χ3n) is 4.28. The van der Waals surface area contributed by atoms with Crippen LogP contribution in [0.15, 0.2) is 59.5 Å². The van der Waals surface area contributed by atoms with Crippen LogP contribution in [0.3, 0.4) is 0 Å². The van der Waals surface area contributed by atoms with E-state index < -0.39 is 17.3 Å². The Morgan fingerprint density at radius 2 is 1.76 bits per heavy atom. The summed E-state index contributed by atoms with van der Waals surface area (Å²) in [6, 6.07) is 15.3. The minimum Gasteiger partial charge on any atom is -0.371 e. The molecule has 0 aliphatic carbocycles. The lowest BCUT2D eigenvalue weighted by Gasteiger charge is -2.41. The number of rotatable bonds is 4. The summed E-state index contributed by atoms with van der Waals surface area (Å²) in [5.74, 6) is 0. The summed E-state index contributed by atoms with van der Waals surface area (Å²) in [4.78, 5) is 0.222. The first-order chi connectivity index (χ1) is 11.9. The molecule has 1 N–H and O–H groups in total. The number of morpholine rings is 1. The summed E-state index contributed by atoms with van der Waals surface area (Å²) in [5, 5.41) is 3.04. The number of alkyl halides is 3. The van der Waals surface area contributed by atoms with Crippen LogP contribution in [0.25, 0.3) is 0 Å². The summed E-state index contributed by atoms with van der Waals surface area (Å²) in [5.41, 5.74) is -0.243. The van der Waals surface area contributed by atoms with Crippen LogP contribution in [0.1, 0.15) is 23.3 Å². The molecule has 6 heteroatoms. The molecule has 3 rings (SSSR count). The molecule has 0 saturated carbocycles. The first-order valence-electron chi connectivity index (χ1n) is 8.13. The fourth-order valence-corrected chi connectivity index (χ4v) is 4.43. The van der Waals surface area contributed by atoms with Gasteiger partial charge in [0.15, 0.2) is 0 Å². The minimum absolute atomic E-state index is 0.222. The smallest absolute Gasteiger partial charge is 0.371 e. The number of hydrogen-bond donors (Lipinski definition) is 1. The van der Waals surface area contributed by atoms with Crippen molar-refractivity contribution < 1.29 is 17.9 Å². The normalized spacial score (nSPS) is 22.6. The molecule has 0 bridgehead atoms. The van der Waals surface area contributed by atoms with Gasteiger partial charge in [-0.1, -0.05) is 42.5 Å². The van der Waals surface area contributed by atoms with E-state index in [2.05, 4.69) is 5.32 Å². The maximum atomic E-state index is 13.4. The predicted octanol–water partition coefficient (Wildman–Crippen LogP) is 4.92.